The van der Waals surface area contributed by atoms with E-state index >= 15 is 0 Å². The Morgan fingerprint density at radius 1 is 0.778 bits per heavy atom. The van der Waals surface area contributed by atoms with Crippen LogP contribution >= 0.6 is 0 Å². The number of hydrogen-bond acceptors (Lipinski definition) is 8. The predicted octanol–water partition coefficient (Wildman–Crippen LogP) is 3.26. The van der Waals surface area contributed by atoms with Crippen molar-refractivity contribution in [3.63, 3.8) is 0 Å². The van der Waals surface area contributed by atoms with Crippen molar-refractivity contribution in [3.8, 4) is 0 Å². The van der Waals surface area contributed by atoms with Crippen LogP contribution in [0.25, 0.3) is 11.2 Å². The number of anilines is 1. The zero-order valence-electron chi connectivity index (χ0n) is 31.5. The van der Waals surface area contributed by atoms with Gasteiger partial charge in [-0.3, -0.25) is 14.3 Å². The van der Waals surface area contributed by atoms with Crippen LogP contribution in [-0.4, -0.2) is 74.1 Å². The first-order valence-electron chi connectivity index (χ1n) is 18.3. The highest BCUT2D eigenvalue weighted by Gasteiger charge is 2.75. The molecule has 0 radical (unpaired) electrons. The number of aliphatic hydroxyl groups is 3. The van der Waals surface area contributed by atoms with Gasteiger partial charge in [-0.15, -0.1) is 0 Å². The summed E-state index contributed by atoms with van der Waals surface area (Å²) in [7, 11) is -7.31. The van der Waals surface area contributed by atoms with Crippen molar-refractivity contribution >= 4 is 54.0 Å². The average molecular weight is 760 g/mol. The molecule has 0 spiro atoms. The highest BCUT2D eigenvalue weighted by Crippen LogP contribution is 2.54. The van der Waals surface area contributed by atoms with E-state index < -0.39 is 61.2 Å². The molecule has 0 amide bonds. The molecule has 280 valence electrons. The SMILES string of the molecule is CC(C)(C)[Si](c1ccccc1)(c1ccccc1)C(O)[C@H]1O[C@@H](n2cnc3c(=O)[nH]c(N)nc32)[C@H](O)[C@@]1(O)[Si](c1ccccc1)(c1ccccc1)C(C)(C)C. The van der Waals surface area contributed by atoms with Gasteiger partial charge in [-0.25, -0.2) is 4.98 Å². The van der Waals surface area contributed by atoms with E-state index in [1.54, 1.807) is 0 Å². The van der Waals surface area contributed by atoms with Crippen LogP contribution in [0, 0.1) is 0 Å². The van der Waals surface area contributed by atoms with Gasteiger partial charge in [0.15, 0.2) is 33.5 Å². The van der Waals surface area contributed by atoms with Crippen molar-refractivity contribution in [1.82, 2.24) is 19.5 Å². The zero-order chi connectivity index (χ0) is 38.7. The number of nitrogens with two attached hydrogens (primary N) is 1. The fourth-order valence-electron chi connectivity index (χ4n) is 9.73. The third-order valence-corrected chi connectivity index (χ3v) is 24.2. The second-order valence-corrected chi connectivity index (χ2v) is 26.3. The maximum atomic E-state index is 14.4. The van der Waals surface area contributed by atoms with Gasteiger partial charge in [0.05, 0.1) is 12.1 Å². The lowest BCUT2D eigenvalue weighted by molar-refractivity contribution is -0.0731. The van der Waals surface area contributed by atoms with E-state index in [1.165, 1.54) is 10.9 Å². The van der Waals surface area contributed by atoms with Crippen molar-refractivity contribution in [2.45, 2.75) is 81.0 Å². The van der Waals surface area contributed by atoms with Crippen molar-refractivity contribution in [2.75, 3.05) is 5.73 Å². The van der Waals surface area contributed by atoms with Crippen molar-refractivity contribution < 1.29 is 20.1 Å². The van der Waals surface area contributed by atoms with E-state index in [0.29, 0.717) is 0 Å². The molecular weight excluding hydrogens is 711 g/mol. The van der Waals surface area contributed by atoms with Gasteiger partial charge in [-0.1, -0.05) is 184 Å². The summed E-state index contributed by atoms with van der Waals surface area (Å²) in [4.78, 5) is 24.2. The van der Waals surface area contributed by atoms with Crippen LogP contribution in [0.4, 0.5) is 5.95 Å². The number of ether oxygens (including phenoxy) is 1. The van der Waals surface area contributed by atoms with Crippen molar-refractivity contribution in [2.24, 2.45) is 0 Å². The number of fused-ring (bicyclic) bond motifs is 1. The molecule has 1 saturated heterocycles. The van der Waals surface area contributed by atoms with Gasteiger partial charge in [-0.05, 0) is 10.1 Å². The van der Waals surface area contributed by atoms with Crippen LogP contribution in [-0.2, 0) is 4.74 Å². The molecule has 4 aromatic carbocycles. The van der Waals surface area contributed by atoms with Gasteiger partial charge in [0.2, 0.25) is 5.95 Å². The van der Waals surface area contributed by atoms with E-state index in [1.807, 2.05) is 97.1 Å². The number of benzene rings is 4. The molecule has 7 rings (SSSR count). The van der Waals surface area contributed by atoms with E-state index in [0.717, 1.165) is 20.7 Å². The molecule has 0 aliphatic carbocycles. The molecular formula is C42H49N5O5Si2. The molecule has 6 N–H and O–H groups in total. The van der Waals surface area contributed by atoms with Gasteiger partial charge in [0.1, 0.15) is 17.4 Å². The fourth-order valence-corrected chi connectivity index (χ4v) is 22.6. The van der Waals surface area contributed by atoms with E-state index in [9.17, 15) is 20.1 Å². The van der Waals surface area contributed by atoms with Crippen molar-refractivity contribution in [3.05, 3.63) is 138 Å². The van der Waals surface area contributed by atoms with Crippen LogP contribution in [0.5, 0.6) is 0 Å². The van der Waals surface area contributed by atoms with Gasteiger partial charge in [-0.2, -0.15) is 4.98 Å². The van der Waals surface area contributed by atoms with Crippen LogP contribution in [0.2, 0.25) is 10.1 Å². The second-order valence-electron chi connectivity index (χ2n) is 16.5. The number of rotatable bonds is 8. The average Bonchev–Trinajstić information content (AvgIpc) is 3.67. The Labute approximate surface area is 317 Å². The van der Waals surface area contributed by atoms with Gasteiger partial charge >= 0.3 is 0 Å². The quantitative estimate of drug-likeness (QED) is 0.148. The predicted molar refractivity (Wildman–Crippen MR) is 219 cm³/mol. The van der Waals surface area contributed by atoms with Crippen molar-refractivity contribution in [1.29, 1.82) is 0 Å². The summed E-state index contributed by atoms with van der Waals surface area (Å²) in [5.74, 6) is -0.132. The molecule has 10 nitrogen and oxygen atoms in total. The lowest BCUT2D eigenvalue weighted by Crippen LogP contribution is -2.86. The number of H-pyrrole nitrogens is 1. The number of nitrogens with one attached hydrogen (secondary N) is 1. The lowest BCUT2D eigenvalue weighted by Gasteiger charge is -2.57. The van der Waals surface area contributed by atoms with E-state index in [2.05, 4.69) is 80.8 Å². The molecule has 0 bridgehead atoms. The molecule has 5 atom stereocenters. The second kappa shape index (κ2) is 13.6. The molecule has 3 heterocycles. The Kier molecular flexibility index (Phi) is 9.44. The van der Waals surface area contributed by atoms with E-state index in [4.69, 9.17) is 10.5 Å². The Bertz CT molecular complexity index is 2210. The van der Waals surface area contributed by atoms with Crippen LogP contribution < -0.4 is 32.0 Å². The molecule has 1 aliphatic heterocycles. The van der Waals surface area contributed by atoms with Crippen LogP contribution in [0.1, 0.15) is 47.8 Å². The third-order valence-electron chi connectivity index (χ3n) is 11.7. The molecule has 2 aromatic heterocycles. The molecule has 1 unspecified atom stereocenters. The maximum absolute atomic E-state index is 14.4. The first kappa shape index (κ1) is 37.6. The number of nitrogens with zero attached hydrogens (tertiary/aromatic N) is 3. The fraction of sp³-hybridized carbons (Fsp3) is 0.310. The van der Waals surface area contributed by atoms with Crippen LogP contribution in [0.3, 0.4) is 0 Å². The summed E-state index contributed by atoms with van der Waals surface area (Å²) >= 11 is 0. The number of aliphatic hydroxyl groups excluding tert-OH is 2. The minimum Gasteiger partial charge on any atom is -0.393 e. The molecule has 54 heavy (non-hydrogen) atoms. The summed E-state index contributed by atoms with van der Waals surface area (Å²) in [5, 5.41) is 41.7. The normalized spacial score (nSPS) is 21.7. The van der Waals surface area contributed by atoms with Gasteiger partial charge in [0, 0.05) is 0 Å². The smallest absolute Gasteiger partial charge is 0.280 e. The highest BCUT2D eigenvalue weighted by atomic mass is 28.3. The van der Waals surface area contributed by atoms with Gasteiger partial charge < -0.3 is 25.8 Å². The molecule has 1 fully saturated rings. The number of nitrogen functional groups attached to an aromatic ring is 1. The lowest BCUT2D eigenvalue weighted by atomic mass is 10.1. The Hall–Kier alpha value is -4.70. The minimum atomic E-state index is -3.82. The Morgan fingerprint density at radius 2 is 1.22 bits per heavy atom. The van der Waals surface area contributed by atoms with Crippen LogP contribution in [0.15, 0.2) is 132 Å². The zero-order valence-corrected chi connectivity index (χ0v) is 33.5. The number of aromatic amines is 1. The first-order valence-corrected chi connectivity index (χ1v) is 22.4. The topological polar surface area (TPSA) is 160 Å². The minimum absolute atomic E-state index is 0.00460. The first-order chi connectivity index (χ1) is 25.6. The molecule has 6 aromatic rings. The number of hydrogen-bond donors (Lipinski definition) is 5. The third kappa shape index (κ3) is 5.38. The molecule has 12 heteroatoms. The Morgan fingerprint density at radius 3 is 1.65 bits per heavy atom. The number of imidazole rings is 1. The standard InChI is InChI=1S/C42H49N5O5Si2/c1-40(2,3)53(28-19-11-7-12-20-28,29-21-13-8-14-22-29)38(50)34-42(51,33(48)37(52-34)47-27-44-32-35(47)45-39(43)46-36(32)49)54(41(4,5)6,30-23-15-9-16-24-30)31-25-17-10-18-26-31/h7-27,33-34,37-38,48,50-51H,1-6H3,(H3,43,45,46,49)/t33-,34+,37+,38?,42+/m0/s1. The van der Waals surface area contributed by atoms with Gasteiger partial charge in [0.25, 0.3) is 5.56 Å². The summed E-state index contributed by atoms with van der Waals surface area (Å²) in [6.45, 7) is 12.7. The monoisotopic (exact) mass is 759 g/mol. The summed E-state index contributed by atoms with van der Waals surface area (Å²) in [6, 6.07) is 39.8. The maximum Gasteiger partial charge on any atom is 0.280 e. The molecule has 1 aliphatic rings. The highest BCUT2D eigenvalue weighted by molar-refractivity contribution is 7.07. The van der Waals surface area contributed by atoms with E-state index in [-0.39, 0.29) is 17.1 Å². The Balaban J connectivity index is 1.62. The largest absolute Gasteiger partial charge is 0.393 e. The molecule has 0 saturated carbocycles. The number of aromatic nitrogens is 4. The summed E-state index contributed by atoms with van der Waals surface area (Å²) in [5.41, 5.74) is 4.26. The summed E-state index contributed by atoms with van der Waals surface area (Å²) in [6.07, 6.45) is -2.97. The summed E-state index contributed by atoms with van der Waals surface area (Å²) < 4.78 is 8.59.